The lowest BCUT2D eigenvalue weighted by Gasteiger charge is -2.08. The first-order valence-electron chi connectivity index (χ1n) is 6.37. The molecule has 1 aromatic carbocycles. The number of halogens is 4. The first kappa shape index (κ1) is 16.8. The van der Waals surface area contributed by atoms with Crippen LogP contribution in [0.15, 0.2) is 33.2 Å². The fourth-order valence-electron chi connectivity index (χ4n) is 2.48. The van der Waals surface area contributed by atoms with Gasteiger partial charge in [0.1, 0.15) is 16.9 Å². The van der Waals surface area contributed by atoms with Gasteiger partial charge in [0.15, 0.2) is 0 Å². The van der Waals surface area contributed by atoms with E-state index in [-0.39, 0.29) is 34.3 Å². The van der Waals surface area contributed by atoms with Crippen LogP contribution in [-0.4, -0.2) is 5.97 Å². The zero-order valence-corrected chi connectivity index (χ0v) is 14.6. The topological polar surface area (TPSA) is 26.3 Å². The Labute approximate surface area is 141 Å². The molecule has 2 rings (SSSR count). The standard InChI is InChI=1S/C15H14BrCl2FO2/c1-15(2)9(6-12(17)18)13(15)14(20)21-7-8-10(16)4-3-5-11(8)19/h3-6,9,13H,7H2,1-2H3. The molecule has 1 aliphatic carbocycles. The van der Waals surface area contributed by atoms with Crippen LogP contribution in [0.5, 0.6) is 0 Å². The Bertz CT molecular complexity index is 577. The summed E-state index contributed by atoms with van der Waals surface area (Å²) in [5.41, 5.74) is 0.0743. The van der Waals surface area contributed by atoms with Crippen molar-refractivity contribution in [2.24, 2.45) is 17.3 Å². The van der Waals surface area contributed by atoms with Crippen molar-refractivity contribution in [3.63, 3.8) is 0 Å². The molecule has 0 amide bonds. The van der Waals surface area contributed by atoms with Crippen LogP contribution in [0, 0.1) is 23.1 Å². The minimum absolute atomic E-state index is 0.0564. The minimum atomic E-state index is -0.410. The number of rotatable bonds is 4. The number of ether oxygens (including phenoxy) is 1. The van der Waals surface area contributed by atoms with Crippen LogP contribution in [-0.2, 0) is 16.1 Å². The van der Waals surface area contributed by atoms with E-state index in [2.05, 4.69) is 15.9 Å². The summed E-state index contributed by atoms with van der Waals surface area (Å²) < 4.78 is 19.6. The fourth-order valence-corrected chi connectivity index (χ4v) is 3.21. The molecule has 0 bridgehead atoms. The van der Waals surface area contributed by atoms with Crippen molar-refractivity contribution in [2.45, 2.75) is 20.5 Å². The first-order valence-corrected chi connectivity index (χ1v) is 7.92. The van der Waals surface area contributed by atoms with Crippen molar-refractivity contribution in [2.75, 3.05) is 0 Å². The van der Waals surface area contributed by atoms with E-state index in [9.17, 15) is 9.18 Å². The van der Waals surface area contributed by atoms with Gasteiger partial charge < -0.3 is 4.74 Å². The van der Waals surface area contributed by atoms with Crippen LogP contribution in [0.1, 0.15) is 19.4 Å². The molecule has 0 N–H and O–H groups in total. The number of allylic oxidation sites excluding steroid dienone is 1. The highest BCUT2D eigenvalue weighted by atomic mass is 79.9. The molecule has 1 aliphatic rings. The van der Waals surface area contributed by atoms with Crippen molar-refractivity contribution in [3.05, 3.63) is 44.6 Å². The summed E-state index contributed by atoms with van der Waals surface area (Å²) in [5, 5.41) is 0. The molecule has 2 nitrogen and oxygen atoms in total. The van der Waals surface area contributed by atoms with Crippen LogP contribution in [0.3, 0.4) is 0 Å². The van der Waals surface area contributed by atoms with E-state index in [1.807, 2.05) is 13.8 Å². The minimum Gasteiger partial charge on any atom is -0.460 e. The van der Waals surface area contributed by atoms with Crippen LogP contribution in [0.4, 0.5) is 4.39 Å². The van der Waals surface area contributed by atoms with Gasteiger partial charge in [0.2, 0.25) is 0 Å². The molecule has 0 aliphatic heterocycles. The number of esters is 1. The summed E-state index contributed by atoms with van der Waals surface area (Å²) in [6.45, 7) is 3.77. The average Bonchev–Trinajstić information content (AvgIpc) is 2.89. The van der Waals surface area contributed by atoms with Gasteiger partial charge in [0.05, 0.1) is 5.92 Å². The van der Waals surface area contributed by atoms with Crippen LogP contribution < -0.4 is 0 Å². The monoisotopic (exact) mass is 394 g/mol. The molecule has 0 saturated heterocycles. The first-order chi connectivity index (χ1) is 9.75. The molecule has 0 spiro atoms. The Morgan fingerprint density at radius 1 is 1.48 bits per heavy atom. The summed E-state index contributed by atoms with van der Waals surface area (Å²) in [5.74, 6) is -1.15. The summed E-state index contributed by atoms with van der Waals surface area (Å²) in [6.07, 6.45) is 1.65. The molecule has 2 atom stereocenters. The van der Waals surface area contributed by atoms with Gasteiger partial charge >= 0.3 is 5.97 Å². The summed E-state index contributed by atoms with van der Waals surface area (Å²) in [4.78, 5) is 12.1. The molecule has 0 heterocycles. The predicted octanol–water partition coefficient (Wildman–Crippen LogP) is 5.22. The lowest BCUT2D eigenvalue weighted by atomic mass is 10.1. The van der Waals surface area contributed by atoms with Gasteiger partial charge in [-0.3, -0.25) is 4.79 Å². The third kappa shape index (κ3) is 3.61. The maximum absolute atomic E-state index is 13.7. The van der Waals surface area contributed by atoms with E-state index in [0.717, 1.165) is 0 Å². The summed E-state index contributed by atoms with van der Waals surface area (Å²) in [6, 6.07) is 4.61. The van der Waals surface area contributed by atoms with Gasteiger partial charge in [-0.15, -0.1) is 0 Å². The van der Waals surface area contributed by atoms with Gasteiger partial charge in [0.25, 0.3) is 0 Å². The summed E-state index contributed by atoms with van der Waals surface area (Å²) >= 11 is 14.5. The normalized spacial score (nSPS) is 22.6. The molecule has 1 aromatic rings. The Morgan fingerprint density at radius 2 is 2.14 bits per heavy atom. The molecule has 2 unspecified atom stereocenters. The van der Waals surface area contributed by atoms with Crippen LogP contribution in [0.25, 0.3) is 0 Å². The van der Waals surface area contributed by atoms with Crippen molar-refractivity contribution >= 4 is 45.1 Å². The smallest absolute Gasteiger partial charge is 0.310 e. The van der Waals surface area contributed by atoms with E-state index < -0.39 is 5.82 Å². The second-order valence-corrected chi connectivity index (χ2v) is 7.45. The quantitative estimate of drug-likeness (QED) is 0.653. The van der Waals surface area contributed by atoms with E-state index in [1.165, 1.54) is 6.07 Å². The van der Waals surface area contributed by atoms with Gasteiger partial charge in [-0.1, -0.05) is 59.0 Å². The van der Waals surface area contributed by atoms with Crippen molar-refractivity contribution in [1.29, 1.82) is 0 Å². The number of hydrogen-bond donors (Lipinski definition) is 0. The highest BCUT2D eigenvalue weighted by Crippen LogP contribution is 2.60. The second-order valence-electron chi connectivity index (χ2n) is 5.59. The molecule has 6 heteroatoms. The molecule has 0 radical (unpaired) electrons. The number of carbonyl (C=O) groups is 1. The van der Waals surface area contributed by atoms with E-state index in [4.69, 9.17) is 27.9 Å². The number of carbonyl (C=O) groups excluding carboxylic acids is 1. The van der Waals surface area contributed by atoms with Crippen LogP contribution >= 0.6 is 39.1 Å². The largest absolute Gasteiger partial charge is 0.460 e. The van der Waals surface area contributed by atoms with Crippen molar-refractivity contribution in [1.82, 2.24) is 0 Å². The maximum atomic E-state index is 13.7. The molecule has 114 valence electrons. The second kappa shape index (κ2) is 6.27. The van der Waals surface area contributed by atoms with Crippen LogP contribution in [0.2, 0.25) is 0 Å². The van der Waals surface area contributed by atoms with E-state index >= 15 is 0 Å². The molecule has 1 fully saturated rings. The third-order valence-electron chi connectivity index (χ3n) is 3.89. The molecule has 21 heavy (non-hydrogen) atoms. The lowest BCUT2D eigenvalue weighted by molar-refractivity contribution is -0.147. The molecule has 1 saturated carbocycles. The van der Waals surface area contributed by atoms with Crippen molar-refractivity contribution in [3.8, 4) is 0 Å². The Hall–Kier alpha value is -0.580. The van der Waals surface area contributed by atoms with E-state index in [1.54, 1.807) is 18.2 Å². The highest BCUT2D eigenvalue weighted by Gasteiger charge is 2.61. The number of hydrogen-bond acceptors (Lipinski definition) is 2. The zero-order valence-electron chi connectivity index (χ0n) is 11.5. The SMILES string of the molecule is CC1(C)C(C=C(Cl)Cl)C1C(=O)OCc1c(F)cccc1Br. The van der Waals surface area contributed by atoms with Gasteiger partial charge in [-0.05, 0) is 29.5 Å². The lowest BCUT2D eigenvalue weighted by Crippen LogP contribution is -2.11. The maximum Gasteiger partial charge on any atom is 0.310 e. The zero-order chi connectivity index (χ0) is 15.8. The summed E-state index contributed by atoms with van der Waals surface area (Å²) in [7, 11) is 0. The molecule has 0 aromatic heterocycles. The Balaban J connectivity index is 2.02. The Kier molecular flexibility index (Phi) is 5.01. The third-order valence-corrected chi connectivity index (χ3v) is 4.89. The predicted molar refractivity (Wildman–Crippen MR) is 84.4 cm³/mol. The molecular formula is C15H14BrCl2FO2. The van der Waals surface area contributed by atoms with E-state index in [0.29, 0.717) is 10.0 Å². The molecular weight excluding hydrogens is 382 g/mol. The number of benzene rings is 1. The van der Waals surface area contributed by atoms with Crippen molar-refractivity contribution < 1.29 is 13.9 Å². The van der Waals surface area contributed by atoms with Gasteiger partial charge in [0, 0.05) is 10.0 Å². The van der Waals surface area contributed by atoms with Gasteiger partial charge in [-0.25, -0.2) is 4.39 Å². The Morgan fingerprint density at radius 3 is 2.71 bits per heavy atom. The highest BCUT2D eigenvalue weighted by molar-refractivity contribution is 9.10. The fraction of sp³-hybridized carbons (Fsp3) is 0.400. The van der Waals surface area contributed by atoms with Gasteiger partial charge in [-0.2, -0.15) is 0 Å². The average molecular weight is 396 g/mol.